The molecule has 1 unspecified atom stereocenters. The fraction of sp³-hybridized carbons (Fsp3) is 0.238. The van der Waals surface area contributed by atoms with Crippen LogP contribution in [0.1, 0.15) is 15.9 Å². The van der Waals surface area contributed by atoms with Gasteiger partial charge in [-0.3, -0.25) is 14.1 Å². The number of likely N-dealkylation sites (N-methyl/N-ethyl adjacent to an activating group) is 1. The fourth-order valence-corrected chi connectivity index (χ4v) is 4.01. The van der Waals surface area contributed by atoms with E-state index < -0.39 is 11.3 Å². The maximum atomic E-state index is 12.9. The third-order valence-corrected chi connectivity index (χ3v) is 5.96. The third kappa shape index (κ3) is 4.35. The molecule has 1 aliphatic rings. The summed E-state index contributed by atoms with van der Waals surface area (Å²) >= 11 is -2.38. The zero-order chi connectivity index (χ0) is 22.9. The second-order valence-corrected chi connectivity index (χ2v) is 8.54. The number of piperazine rings is 1. The Labute approximate surface area is 191 Å². The van der Waals surface area contributed by atoms with Gasteiger partial charge < -0.3 is 24.1 Å². The van der Waals surface area contributed by atoms with Crippen molar-refractivity contribution in [3.63, 3.8) is 0 Å². The van der Waals surface area contributed by atoms with Crippen LogP contribution in [-0.4, -0.2) is 82.8 Å². The molecule has 1 aliphatic heterocycles. The second-order valence-electron chi connectivity index (χ2n) is 7.84. The van der Waals surface area contributed by atoms with Crippen LogP contribution in [0.4, 0.5) is 0 Å². The van der Waals surface area contributed by atoms with Gasteiger partial charge in [-0.2, -0.15) is 5.10 Å². The van der Waals surface area contributed by atoms with Crippen LogP contribution >= 0.6 is 0 Å². The van der Waals surface area contributed by atoms with Gasteiger partial charge in [-0.15, -0.1) is 0 Å². The van der Waals surface area contributed by atoms with Crippen molar-refractivity contribution in [2.75, 3.05) is 33.2 Å². The van der Waals surface area contributed by atoms with E-state index in [2.05, 4.69) is 41.8 Å². The fourth-order valence-electron chi connectivity index (χ4n) is 3.83. The van der Waals surface area contributed by atoms with Gasteiger partial charge >= 0.3 is 0 Å². The minimum Gasteiger partial charge on any atom is -0.755 e. The van der Waals surface area contributed by atoms with E-state index in [1.807, 2.05) is 23.1 Å². The summed E-state index contributed by atoms with van der Waals surface area (Å²) in [5, 5.41) is 7.92. The highest BCUT2D eigenvalue weighted by molar-refractivity contribution is 7.77. The number of carbonyl (C=O) groups excluding carboxylic acids is 1. The number of hydrogen-bond acceptors (Lipinski definition) is 7. The Hall–Kier alpha value is -3.61. The normalized spacial score (nSPS) is 16.1. The summed E-state index contributed by atoms with van der Waals surface area (Å²) < 4.78 is 23.4. The minimum atomic E-state index is -2.38. The Kier molecular flexibility index (Phi) is 5.62. The molecule has 1 aromatic carbocycles. The standard InChI is InChI=1S/C21H22N8O3S/c1-28-6-8-29(9-7-28)21(30)14-2-3-16-17(11-14)25-20(24-16)18-15-10-13(4-5-23-33(31)32)12-22-19(15)27-26-18/h2-5,10-12,23H,6-9H2,1H3,(H,24,25)(H,31,32)(H,22,26,27)/p-1. The monoisotopic (exact) mass is 465 g/mol. The van der Waals surface area contributed by atoms with Crippen LogP contribution in [0.5, 0.6) is 0 Å². The van der Waals surface area contributed by atoms with Crippen molar-refractivity contribution >= 4 is 45.3 Å². The van der Waals surface area contributed by atoms with E-state index in [9.17, 15) is 13.6 Å². The van der Waals surface area contributed by atoms with Gasteiger partial charge in [0.2, 0.25) is 0 Å². The molecule has 5 rings (SSSR count). The molecule has 33 heavy (non-hydrogen) atoms. The molecule has 3 N–H and O–H groups in total. The van der Waals surface area contributed by atoms with Crippen LogP contribution in [-0.2, 0) is 11.3 Å². The maximum absolute atomic E-state index is 12.9. The lowest BCUT2D eigenvalue weighted by Crippen LogP contribution is -2.47. The van der Waals surface area contributed by atoms with Crippen LogP contribution in [0.2, 0.25) is 0 Å². The summed E-state index contributed by atoms with van der Waals surface area (Å²) in [5.41, 5.74) is 3.95. The summed E-state index contributed by atoms with van der Waals surface area (Å²) in [6.45, 7) is 3.16. The van der Waals surface area contributed by atoms with Gasteiger partial charge in [-0.25, -0.2) is 9.97 Å². The lowest BCUT2D eigenvalue weighted by Gasteiger charge is -2.32. The number of nitrogens with zero attached hydrogens (tertiary/aromatic N) is 5. The Balaban J connectivity index is 1.44. The molecule has 11 nitrogen and oxygen atoms in total. The number of rotatable bonds is 5. The van der Waals surface area contributed by atoms with Crippen LogP contribution in [0.25, 0.3) is 39.7 Å². The third-order valence-electron chi connectivity index (χ3n) is 5.63. The molecule has 0 saturated carbocycles. The number of aromatic amines is 2. The topological polar surface area (TPSA) is 146 Å². The van der Waals surface area contributed by atoms with Crippen molar-refractivity contribution < 1.29 is 13.6 Å². The van der Waals surface area contributed by atoms with Gasteiger partial charge in [0.15, 0.2) is 11.5 Å². The summed E-state index contributed by atoms with van der Waals surface area (Å²) in [4.78, 5) is 29.2. The van der Waals surface area contributed by atoms with Crippen molar-refractivity contribution in [2.45, 2.75) is 0 Å². The van der Waals surface area contributed by atoms with Crippen LogP contribution in [0, 0.1) is 0 Å². The molecule has 170 valence electrons. The van der Waals surface area contributed by atoms with Crippen molar-refractivity contribution in [1.82, 2.24) is 39.7 Å². The summed E-state index contributed by atoms with van der Waals surface area (Å²) in [6.07, 6.45) is 4.49. The molecule has 0 spiro atoms. The van der Waals surface area contributed by atoms with Gasteiger partial charge in [0.1, 0.15) is 5.69 Å². The SMILES string of the molecule is CN1CCN(C(=O)c2ccc3nc(-c4[nH]nc5ncc(C=CNS(=O)[O-])cc45)[nH]c3c2)CC1. The Bertz CT molecular complexity index is 1390. The van der Waals surface area contributed by atoms with Crippen LogP contribution in [0.15, 0.2) is 36.7 Å². The lowest BCUT2D eigenvalue weighted by atomic mass is 10.1. The minimum absolute atomic E-state index is 0.0152. The number of fused-ring (bicyclic) bond motifs is 2. The molecule has 1 saturated heterocycles. The molecule has 1 atom stereocenters. The second kappa shape index (κ2) is 8.73. The van der Waals surface area contributed by atoms with E-state index in [4.69, 9.17) is 0 Å². The number of hydrogen-bond donors (Lipinski definition) is 3. The molecule has 4 aromatic rings. The predicted molar refractivity (Wildman–Crippen MR) is 123 cm³/mol. The summed E-state index contributed by atoms with van der Waals surface area (Å²) in [5.74, 6) is 0.583. The number of aromatic nitrogens is 5. The number of benzene rings is 1. The highest BCUT2D eigenvalue weighted by atomic mass is 32.2. The van der Waals surface area contributed by atoms with E-state index in [0.29, 0.717) is 41.4 Å². The molecular formula is C21H21N8O3S-. The van der Waals surface area contributed by atoms with E-state index in [1.165, 1.54) is 6.20 Å². The Morgan fingerprint density at radius 1 is 1.24 bits per heavy atom. The lowest BCUT2D eigenvalue weighted by molar-refractivity contribution is 0.0664. The van der Waals surface area contributed by atoms with Crippen LogP contribution in [0.3, 0.4) is 0 Å². The maximum Gasteiger partial charge on any atom is 0.254 e. The molecule has 0 bridgehead atoms. The smallest absolute Gasteiger partial charge is 0.254 e. The zero-order valence-electron chi connectivity index (χ0n) is 17.7. The Morgan fingerprint density at radius 2 is 2.06 bits per heavy atom. The van der Waals surface area contributed by atoms with Gasteiger partial charge in [0, 0.05) is 55.4 Å². The molecule has 1 amide bonds. The van der Waals surface area contributed by atoms with E-state index in [-0.39, 0.29) is 5.91 Å². The molecule has 0 aliphatic carbocycles. The van der Waals surface area contributed by atoms with Gasteiger partial charge in [-0.1, -0.05) is 0 Å². The molecule has 1 fully saturated rings. The van der Waals surface area contributed by atoms with Gasteiger partial charge in [0.25, 0.3) is 5.91 Å². The number of pyridine rings is 1. The number of amides is 1. The molecular weight excluding hydrogens is 444 g/mol. The Morgan fingerprint density at radius 3 is 2.85 bits per heavy atom. The average molecular weight is 466 g/mol. The first-order chi connectivity index (χ1) is 16.0. The number of imidazole rings is 1. The van der Waals surface area contributed by atoms with E-state index >= 15 is 0 Å². The van der Waals surface area contributed by atoms with E-state index in [1.54, 1.807) is 18.3 Å². The number of H-pyrrole nitrogens is 2. The molecule has 12 heteroatoms. The summed E-state index contributed by atoms with van der Waals surface area (Å²) in [6, 6.07) is 7.29. The first kappa shape index (κ1) is 21.2. The first-order valence-electron chi connectivity index (χ1n) is 10.3. The molecule has 3 aromatic heterocycles. The average Bonchev–Trinajstić information content (AvgIpc) is 3.42. The van der Waals surface area contributed by atoms with Crippen molar-refractivity contribution in [3.05, 3.63) is 47.8 Å². The number of nitrogens with one attached hydrogen (secondary N) is 3. The quantitative estimate of drug-likeness (QED) is 0.376. The first-order valence-corrected chi connectivity index (χ1v) is 11.4. The molecule has 4 heterocycles. The highest BCUT2D eigenvalue weighted by Gasteiger charge is 2.21. The van der Waals surface area contributed by atoms with E-state index in [0.717, 1.165) is 29.5 Å². The van der Waals surface area contributed by atoms with Crippen LogP contribution < -0.4 is 4.72 Å². The largest absolute Gasteiger partial charge is 0.755 e. The summed E-state index contributed by atoms with van der Waals surface area (Å²) in [7, 11) is 2.06. The van der Waals surface area contributed by atoms with Gasteiger partial charge in [-0.05, 0) is 43.0 Å². The van der Waals surface area contributed by atoms with Crippen molar-refractivity contribution in [3.8, 4) is 11.5 Å². The molecule has 0 radical (unpaired) electrons. The van der Waals surface area contributed by atoms with Crippen molar-refractivity contribution in [2.24, 2.45) is 0 Å². The van der Waals surface area contributed by atoms with Gasteiger partial charge in [0.05, 0.1) is 16.4 Å². The predicted octanol–water partition coefficient (Wildman–Crippen LogP) is 1.24. The van der Waals surface area contributed by atoms with Crippen molar-refractivity contribution in [1.29, 1.82) is 0 Å². The zero-order valence-corrected chi connectivity index (χ0v) is 18.6. The highest BCUT2D eigenvalue weighted by Crippen LogP contribution is 2.27. The number of carbonyl (C=O) groups is 1.